The number of rotatable bonds is 4. The smallest absolute Gasteiger partial charge is 0.310 e. The minimum atomic E-state index is -0.748. The Morgan fingerprint density at radius 2 is 2.13 bits per heavy atom. The molecule has 3 heteroatoms. The fourth-order valence-corrected chi connectivity index (χ4v) is 1.99. The van der Waals surface area contributed by atoms with E-state index in [9.17, 15) is 4.79 Å². The van der Waals surface area contributed by atoms with Crippen LogP contribution in [0.3, 0.4) is 0 Å². The van der Waals surface area contributed by atoms with Crippen LogP contribution in [0.4, 0.5) is 0 Å². The molecule has 1 atom stereocenters. The Morgan fingerprint density at radius 1 is 1.47 bits per heavy atom. The molecule has 0 amide bonds. The van der Waals surface area contributed by atoms with E-state index in [0.717, 1.165) is 10.0 Å². The molecule has 2 nitrogen and oxygen atoms in total. The van der Waals surface area contributed by atoms with Crippen molar-refractivity contribution in [2.24, 2.45) is 5.92 Å². The molecule has 0 aromatic heterocycles. The van der Waals surface area contributed by atoms with E-state index in [-0.39, 0.29) is 0 Å². The molecule has 0 saturated heterocycles. The molecule has 0 heterocycles. The largest absolute Gasteiger partial charge is 0.481 e. The van der Waals surface area contributed by atoms with Gasteiger partial charge in [0.15, 0.2) is 0 Å². The Hall–Kier alpha value is -0.830. The molecule has 1 unspecified atom stereocenters. The molecule has 0 bridgehead atoms. The Kier molecular flexibility index (Phi) is 4.33. The van der Waals surface area contributed by atoms with E-state index in [1.165, 1.54) is 0 Å². The number of carboxylic acid groups (broad SMARTS) is 1. The molecule has 82 valence electrons. The van der Waals surface area contributed by atoms with E-state index in [2.05, 4.69) is 15.9 Å². The SMILES string of the molecule is CC(C)CC(C(=O)O)c1cccc(Br)c1. The number of carboxylic acids is 1. The first-order chi connectivity index (χ1) is 7.00. The lowest BCUT2D eigenvalue weighted by Gasteiger charge is -2.15. The third kappa shape index (κ3) is 3.67. The number of benzene rings is 1. The monoisotopic (exact) mass is 270 g/mol. The number of aliphatic carboxylic acids is 1. The van der Waals surface area contributed by atoms with E-state index in [4.69, 9.17) is 5.11 Å². The molecule has 0 radical (unpaired) electrons. The number of hydrogen-bond acceptors (Lipinski definition) is 1. The molecule has 1 aromatic carbocycles. The number of hydrogen-bond donors (Lipinski definition) is 1. The van der Waals surface area contributed by atoms with Crippen LogP contribution in [0, 0.1) is 5.92 Å². The molecule has 1 aromatic rings. The van der Waals surface area contributed by atoms with E-state index in [0.29, 0.717) is 12.3 Å². The maximum Gasteiger partial charge on any atom is 0.310 e. The fraction of sp³-hybridized carbons (Fsp3) is 0.417. The minimum absolute atomic E-state index is 0.380. The quantitative estimate of drug-likeness (QED) is 0.907. The van der Waals surface area contributed by atoms with Gasteiger partial charge in [-0.25, -0.2) is 0 Å². The Labute approximate surface area is 98.4 Å². The highest BCUT2D eigenvalue weighted by molar-refractivity contribution is 9.10. The van der Waals surface area contributed by atoms with Crippen LogP contribution in [0.25, 0.3) is 0 Å². The third-order valence-corrected chi connectivity index (χ3v) is 2.75. The average Bonchev–Trinajstić information content (AvgIpc) is 2.13. The van der Waals surface area contributed by atoms with E-state index < -0.39 is 11.9 Å². The van der Waals surface area contributed by atoms with Crippen molar-refractivity contribution in [1.29, 1.82) is 0 Å². The average molecular weight is 271 g/mol. The second-order valence-corrected chi connectivity index (χ2v) is 4.99. The van der Waals surface area contributed by atoms with Gasteiger partial charge in [0.2, 0.25) is 0 Å². The summed E-state index contributed by atoms with van der Waals surface area (Å²) in [6, 6.07) is 7.51. The van der Waals surface area contributed by atoms with Crippen LogP contribution >= 0.6 is 15.9 Å². The van der Waals surface area contributed by atoms with Crippen LogP contribution in [0.15, 0.2) is 28.7 Å². The lowest BCUT2D eigenvalue weighted by Crippen LogP contribution is -2.13. The van der Waals surface area contributed by atoms with Crippen molar-refractivity contribution >= 4 is 21.9 Å². The van der Waals surface area contributed by atoms with Gasteiger partial charge in [0.25, 0.3) is 0 Å². The van der Waals surface area contributed by atoms with Crippen LogP contribution in [0.5, 0.6) is 0 Å². The normalized spacial score (nSPS) is 12.8. The van der Waals surface area contributed by atoms with Crippen molar-refractivity contribution in [1.82, 2.24) is 0 Å². The van der Waals surface area contributed by atoms with Gasteiger partial charge in [0.1, 0.15) is 0 Å². The number of carbonyl (C=O) groups is 1. The highest BCUT2D eigenvalue weighted by atomic mass is 79.9. The lowest BCUT2D eigenvalue weighted by molar-refractivity contribution is -0.139. The zero-order valence-electron chi connectivity index (χ0n) is 8.90. The number of halogens is 1. The molecule has 0 saturated carbocycles. The molecule has 0 aliphatic carbocycles. The summed E-state index contributed by atoms with van der Waals surface area (Å²) in [5.74, 6) is -0.769. The summed E-state index contributed by atoms with van der Waals surface area (Å²) in [7, 11) is 0. The van der Waals surface area contributed by atoms with E-state index >= 15 is 0 Å². The highest BCUT2D eigenvalue weighted by Crippen LogP contribution is 2.26. The maximum atomic E-state index is 11.1. The van der Waals surface area contributed by atoms with Gasteiger partial charge in [0, 0.05) is 4.47 Å². The summed E-state index contributed by atoms with van der Waals surface area (Å²) >= 11 is 3.35. The summed E-state index contributed by atoms with van der Waals surface area (Å²) in [5.41, 5.74) is 0.866. The van der Waals surface area contributed by atoms with Gasteiger partial charge in [0.05, 0.1) is 5.92 Å². The van der Waals surface area contributed by atoms with Crippen LogP contribution in [0.2, 0.25) is 0 Å². The molecule has 15 heavy (non-hydrogen) atoms. The molecule has 1 rings (SSSR count). The van der Waals surface area contributed by atoms with Gasteiger partial charge in [-0.15, -0.1) is 0 Å². The third-order valence-electron chi connectivity index (χ3n) is 2.26. The first-order valence-electron chi connectivity index (χ1n) is 4.99. The van der Waals surface area contributed by atoms with Crippen molar-refractivity contribution in [3.05, 3.63) is 34.3 Å². The van der Waals surface area contributed by atoms with Crippen LogP contribution in [0.1, 0.15) is 31.7 Å². The second-order valence-electron chi connectivity index (χ2n) is 4.08. The summed E-state index contributed by atoms with van der Waals surface area (Å²) in [4.78, 5) is 11.1. The molecule has 0 spiro atoms. The predicted octanol–water partition coefficient (Wildman–Crippen LogP) is 3.66. The van der Waals surface area contributed by atoms with E-state index in [1.54, 1.807) is 0 Å². The van der Waals surface area contributed by atoms with Gasteiger partial charge < -0.3 is 5.11 Å². The highest BCUT2D eigenvalue weighted by Gasteiger charge is 2.20. The van der Waals surface area contributed by atoms with Crippen molar-refractivity contribution in [2.75, 3.05) is 0 Å². The lowest BCUT2D eigenvalue weighted by atomic mass is 9.90. The maximum absolute atomic E-state index is 11.1. The van der Waals surface area contributed by atoms with Crippen LogP contribution in [-0.2, 0) is 4.79 Å². The Balaban J connectivity index is 2.94. The summed E-state index contributed by atoms with van der Waals surface area (Å²) in [6.07, 6.45) is 0.672. The predicted molar refractivity (Wildman–Crippen MR) is 64.0 cm³/mol. The summed E-state index contributed by atoms with van der Waals surface area (Å²) in [5, 5.41) is 9.15. The molecule has 0 aliphatic heterocycles. The molecule has 0 aliphatic rings. The minimum Gasteiger partial charge on any atom is -0.481 e. The zero-order valence-corrected chi connectivity index (χ0v) is 10.5. The van der Waals surface area contributed by atoms with Gasteiger partial charge in [-0.2, -0.15) is 0 Å². The molecule has 1 N–H and O–H groups in total. The van der Waals surface area contributed by atoms with Crippen LogP contribution < -0.4 is 0 Å². The van der Waals surface area contributed by atoms with Crippen molar-refractivity contribution < 1.29 is 9.90 Å². The Morgan fingerprint density at radius 3 is 2.60 bits per heavy atom. The van der Waals surface area contributed by atoms with Crippen molar-refractivity contribution in [3.63, 3.8) is 0 Å². The Bertz CT molecular complexity index is 347. The fourth-order valence-electron chi connectivity index (χ4n) is 1.57. The van der Waals surface area contributed by atoms with E-state index in [1.807, 2.05) is 38.1 Å². The first-order valence-corrected chi connectivity index (χ1v) is 5.78. The summed E-state index contributed by atoms with van der Waals surface area (Å²) < 4.78 is 0.926. The van der Waals surface area contributed by atoms with Gasteiger partial charge in [-0.05, 0) is 30.0 Å². The zero-order chi connectivity index (χ0) is 11.4. The van der Waals surface area contributed by atoms with Crippen molar-refractivity contribution in [2.45, 2.75) is 26.2 Å². The first kappa shape index (κ1) is 12.2. The van der Waals surface area contributed by atoms with Gasteiger partial charge >= 0.3 is 5.97 Å². The van der Waals surface area contributed by atoms with Gasteiger partial charge in [-0.3, -0.25) is 4.79 Å². The summed E-state index contributed by atoms with van der Waals surface area (Å²) in [6.45, 7) is 4.07. The standard InChI is InChI=1S/C12H15BrO2/c1-8(2)6-11(12(14)15)9-4-3-5-10(13)7-9/h3-5,7-8,11H,6H2,1-2H3,(H,14,15). The topological polar surface area (TPSA) is 37.3 Å². The van der Waals surface area contributed by atoms with Crippen molar-refractivity contribution in [3.8, 4) is 0 Å². The molecular weight excluding hydrogens is 256 g/mol. The van der Waals surface area contributed by atoms with Gasteiger partial charge in [-0.1, -0.05) is 41.9 Å². The second kappa shape index (κ2) is 5.31. The molecular formula is C12H15BrO2. The van der Waals surface area contributed by atoms with Crippen LogP contribution in [-0.4, -0.2) is 11.1 Å². The molecule has 0 fully saturated rings.